The number of imidazole rings is 1. The van der Waals surface area contributed by atoms with Crippen molar-refractivity contribution in [3.8, 4) is 0 Å². The number of nitrogens with zero attached hydrogens (tertiary/aromatic N) is 4. The minimum absolute atomic E-state index is 0.261. The molecule has 0 aliphatic carbocycles. The summed E-state index contributed by atoms with van der Waals surface area (Å²) in [6.45, 7) is 2.04. The first-order valence-corrected chi connectivity index (χ1v) is 8.21. The first-order valence-electron chi connectivity index (χ1n) is 7.83. The van der Waals surface area contributed by atoms with Crippen LogP contribution in [0.2, 0.25) is 0 Å². The van der Waals surface area contributed by atoms with Crippen LogP contribution in [0.15, 0.2) is 56.1 Å². The average Bonchev–Trinajstić information content (AvgIpc) is 2.98. The molecule has 0 atom stereocenters. The molecule has 1 aromatic carbocycles. The molecule has 134 valence electrons. The highest BCUT2D eigenvalue weighted by Gasteiger charge is 2.16. The van der Waals surface area contributed by atoms with Gasteiger partial charge in [-0.25, -0.2) is 10.2 Å². The molecule has 0 radical (unpaired) electrons. The number of aromatic nitrogens is 4. The second kappa shape index (κ2) is 7.40. The quantitative estimate of drug-likeness (QED) is 0.529. The van der Waals surface area contributed by atoms with Crippen LogP contribution >= 0.6 is 11.6 Å². The number of halogens is 1. The average molecular weight is 373 g/mol. The summed E-state index contributed by atoms with van der Waals surface area (Å²) in [4.78, 5) is 30.7. The molecule has 2 N–H and O–H groups in total. The van der Waals surface area contributed by atoms with Gasteiger partial charge < -0.3 is 0 Å². The molecule has 3 rings (SSSR count). The van der Waals surface area contributed by atoms with E-state index in [9.17, 15) is 9.59 Å². The van der Waals surface area contributed by atoms with Crippen LogP contribution < -0.4 is 16.7 Å². The molecule has 2 heterocycles. The predicted octanol–water partition coefficient (Wildman–Crippen LogP) is 2.01. The van der Waals surface area contributed by atoms with Gasteiger partial charge in [0.25, 0.3) is 5.56 Å². The Morgan fingerprint density at radius 2 is 2.08 bits per heavy atom. The van der Waals surface area contributed by atoms with Crippen LogP contribution in [0.1, 0.15) is 12.5 Å². The van der Waals surface area contributed by atoms with Gasteiger partial charge in [-0.05, 0) is 12.5 Å². The zero-order valence-corrected chi connectivity index (χ0v) is 15.0. The van der Waals surface area contributed by atoms with Crippen molar-refractivity contribution in [2.24, 2.45) is 12.1 Å². The third kappa shape index (κ3) is 3.60. The Morgan fingerprint density at radius 3 is 2.77 bits per heavy atom. The van der Waals surface area contributed by atoms with E-state index in [-0.39, 0.29) is 11.2 Å². The molecule has 26 heavy (non-hydrogen) atoms. The minimum atomic E-state index is -0.532. The maximum Gasteiger partial charge on any atom is 0.329 e. The van der Waals surface area contributed by atoms with Crippen LogP contribution in [0.5, 0.6) is 0 Å². The Balaban J connectivity index is 2.07. The first kappa shape index (κ1) is 17.7. The molecule has 9 heteroatoms. The lowest BCUT2D eigenvalue weighted by Crippen LogP contribution is -2.29. The van der Waals surface area contributed by atoms with Crippen molar-refractivity contribution < 1.29 is 0 Å². The summed E-state index contributed by atoms with van der Waals surface area (Å²) in [7, 11) is 1.54. The van der Waals surface area contributed by atoms with Gasteiger partial charge >= 0.3 is 5.69 Å². The maximum atomic E-state index is 12.3. The molecular formula is C17H17ClN6O2. The second-order valence-electron chi connectivity index (χ2n) is 5.61. The molecule has 0 aliphatic heterocycles. The van der Waals surface area contributed by atoms with Crippen molar-refractivity contribution >= 4 is 34.9 Å². The molecule has 0 aliphatic rings. The largest absolute Gasteiger partial charge is 0.329 e. The van der Waals surface area contributed by atoms with E-state index in [0.29, 0.717) is 17.5 Å². The summed E-state index contributed by atoms with van der Waals surface area (Å²) in [5, 5.41) is 4.74. The zero-order chi connectivity index (χ0) is 18.7. The normalized spacial score (nSPS) is 12.2. The highest BCUT2D eigenvalue weighted by atomic mass is 35.5. The number of benzene rings is 1. The Kier molecular flexibility index (Phi) is 5.04. The first-order chi connectivity index (χ1) is 12.5. The summed E-state index contributed by atoms with van der Waals surface area (Å²) >= 11 is 5.92. The van der Waals surface area contributed by atoms with E-state index >= 15 is 0 Å². The number of hydrazone groups is 1. The van der Waals surface area contributed by atoms with Crippen molar-refractivity contribution in [2.75, 3.05) is 5.43 Å². The number of allylic oxidation sites excluding steroid dienone is 2. The molecule has 0 spiro atoms. The lowest BCUT2D eigenvalue weighted by Gasteiger charge is -2.05. The number of H-pyrrole nitrogens is 1. The lowest BCUT2D eigenvalue weighted by molar-refractivity contribution is 0.818. The molecule has 2 aromatic heterocycles. The van der Waals surface area contributed by atoms with Gasteiger partial charge in [0, 0.05) is 18.6 Å². The van der Waals surface area contributed by atoms with Gasteiger partial charge in [0.1, 0.15) is 0 Å². The van der Waals surface area contributed by atoms with Crippen LogP contribution in [-0.2, 0) is 13.6 Å². The third-order valence-electron chi connectivity index (χ3n) is 3.74. The highest BCUT2D eigenvalue weighted by Crippen LogP contribution is 2.16. The molecule has 3 aromatic rings. The molecule has 0 saturated heterocycles. The van der Waals surface area contributed by atoms with E-state index in [1.165, 1.54) is 11.6 Å². The Bertz CT molecular complexity index is 1100. The van der Waals surface area contributed by atoms with Crippen molar-refractivity contribution in [1.82, 2.24) is 19.1 Å². The summed E-state index contributed by atoms with van der Waals surface area (Å²) < 4.78 is 2.89. The van der Waals surface area contributed by atoms with E-state index in [1.54, 1.807) is 23.8 Å². The predicted molar refractivity (Wildman–Crippen MR) is 103 cm³/mol. The molecule has 0 unspecified atom stereocenters. The van der Waals surface area contributed by atoms with Crippen LogP contribution in [0.3, 0.4) is 0 Å². The van der Waals surface area contributed by atoms with E-state index in [0.717, 1.165) is 5.56 Å². The van der Waals surface area contributed by atoms with E-state index in [1.807, 2.05) is 30.3 Å². The van der Waals surface area contributed by atoms with Crippen LogP contribution in [0.25, 0.3) is 11.2 Å². The monoisotopic (exact) mass is 372 g/mol. The number of fused-ring (bicyclic) bond motifs is 1. The molecule has 0 bridgehead atoms. The number of hydrogen-bond acceptors (Lipinski definition) is 5. The second-order valence-corrected chi connectivity index (χ2v) is 6.20. The summed E-state index contributed by atoms with van der Waals surface area (Å²) in [5.41, 5.74) is 3.21. The van der Waals surface area contributed by atoms with Crippen molar-refractivity contribution in [3.63, 3.8) is 0 Å². The van der Waals surface area contributed by atoms with Gasteiger partial charge in [0.05, 0.1) is 6.21 Å². The van der Waals surface area contributed by atoms with E-state index < -0.39 is 11.2 Å². The van der Waals surface area contributed by atoms with Gasteiger partial charge in [-0.15, -0.1) is 0 Å². The number of anilines is 1. The number of nitrogens with one attached hydrogen (secondary N) is 2. The number of rotatable bonds is 5. The fourth-order valence-corrected chi connectivity index (χ4v) is 2.49. The van der Waals surface area contributed by atoms with Crippen LogP contribution in [-0.4, -0.2) is 25.3 Å². The van der Waals surface area contributed by atoms with Crippen molar-refractivity contribution in [1.29, 1.82) is 0 Å². The van der Waals surface area contributed by atoms with E-state index in [2.05, 4.69) is 20.5 Å². The van der Waals surface area contributed by atoms with Gasteiger partial charge in [0.15, 0.2) is 11.2 Å². The third-order valence-corrected chi connectivity index (χ3v) is 3.89. The Hall–Kier alpha value is -3.13. The van der Waals surface area contributed by atoms with E-state index in [4.69, 9.17) is 11.6 Å². The molecule has 0 fully saturated rings. The van der Waals surface area contributed by atoms with Gasteiger partial charge in [-0.2, -0.15) is 10.1 Å². The van der Waals surface area contributed by atoms with Gasteiger partial charge in [-0.1, -0.05) is 48.0 Å². The molecule has 0 saturated carbocycles. The fraction of sp³-hybridized carbons (Fsp3) is 0.176. The van der Waals surface area contributed by atoms with Crippen LogP contribution in [0, 0.1) is 0 Å². The minimum Gasteiger partial charge on any atom is -0.299 e. The summed E-state index contributed by atoms with van der Waals surface area (Å²) in [6, 6.07) is 9.53. The topological polar surface area (TPSA) is 97.1 Å². The smallest absolute Gasteiger partial charge is 0.299 e. The molecular weight excluding hydrogens is 356 g/mol. The molecule has 8 nitrogen and oxygen atoms in total. The summed E-state index contributed by atoms with van der Waals surface area (Å²) in [5.74, 6) is 0.327. The number of hydrogen-bond donors (Lipinski definition) is 2. The maximum absolute atomic E-state index is 12.3. The van der Waals surface area contributed by atoms with Crippen molar-refractivity contribution in [3.05, 3.63) is 67.8 Å². The van der Waals surface area contributed by atoms with Gasteiger partial charge in [-0.3, -0.25) is 18.9 Å². The zero-order valence-electron chi connectivity index (χ0n) is 14.2. The number of aromatic amines is 1. The highest BCUT2D eigenvalue weighted by molar-refractivity contribution is 6.29. The lowest BCUT2D eigenvalue weighted by atomic mass is 10.2. The fourth-order valence-electron chi connectivity index (χ4n) is 2.42. The van der Waals surface area contributed by atoms with Crippen LogP contribution in [0.4, 0.5) is 5.95 Å². The van der Waals surface area contributed by atoms with Crippen molar-refractivity contribution in [2.45, 2.75) is 13.5 Å². The Labute approximate surface area is 153 Å². The van der Waals surface area contributed by atoms with Gasteiger partial charge in [0.2, 0.25) is 5.95 Å². The standard InChI is InChI=1S/C17H17ClN6O2/c1-11(18)8-9-24-13-14(23(2)17(26)21-15(13)25)20-16(24)22-19-10-12-6-4-3-5-7-12/h3-8,10H,9H2,1-2H3,(H,20,22)(H,21,25,26). The number of aryl methyl sites for hydroxylation is 1. The molecule has 0 amide bonds. The summed E-state index contributed by atoms with van der Waals surface area (Å²) in [6.07, 6.45) is 3.37. The SMILES string of the molecule is CC(Cl)=CCn1c(NN=Cc2ccccc2)nc2c1c(=O)[nH]c(=O)n2C. The Morgan fingerprint density at radius 1 is 1.35 bits per heavy atom.